The molecule has 1 aromatic heterocycles. The van der Waals surface area contributed by atoms with Crippen LogP contribution in [0, 0.1) is 5.92 Å². The molecule has 0 N–H and O–H groups in total. The monoisotopic (exact) mass is 463 g/mol. The molecule has 0 saturated carbocycles. The first-order valence-electron chi connectivity index (χ1n) is 12.2. The number of carbonyl (C=O) groups excluding carboxylic acids is 1. The van der Waals surface area contributed by atoms with Crippen molar-refractivity contribution >= 4 is 11.5 Å². The molecule has 35 heavy (non-hydrogen) atoms. The summed E-state index contributed by atoms with van der Waals surface area (Å²) < 4.78 is 11.5. The van der Waals surface area contributed by atoms with Crippen molar-refractivity contribution in [2.24, 2.45) is 5.92 Å². The van der Waals surface area contributed by atoms with Crippen molar-refractivity contribution in [1.29, 1.82) is 0 Å². The lowest BCUT2D eigenvalue weighted by atomic mass is 9.76. The molecule has 0 radical (unpaired) electrons. The second kappa shape index (κ2) is 10.1. The number of methoxy groups -OCH3 is 1. The Hall–Kier alpha value is -3.92. The van der Waals surface area contributed by atoms with Crippen molar-refractivity contribution in [2.45, 2.75) is 32.1 Å². The Morgan fingerprint density at radius 1 is 0.943 bits per heavy atom. The number of aromatic nitrogens is 1. The number of rotatable bonds is 6. The fourth-order valence-electron chi connectivity index (χ4n) is 4.98. The van der Waals surface area contributed by atoms with Crippen LogP contribution < -0.4 is 0 Å². The topological polar surface area (TPSA) is 52.3 Å². The van der Waals surface area contributed by atoms with Crippen LogP contribution in [-0.4, -0.2) is 18.1 Å². The SMILES string of the molecule is COC(=O)c1cccc(C2=CCCCC2C(C)c2nc(-c3ccccc3)c(-c3ccccc3)o2)c1. The maximum atomic E-state index is 12.1. The number of allylic oxidation sites excluding steroid dienone is 2. The minimum Gasteiger partial charge on any atom is -0.465 e. The molecule has 1 aliphatic rings. The van der Waals surface area contributed by atoms with E-state index in [1.807, 2.05) is 48.5 Å². The quantitative estimate of drug-likeness (QED) is 0.274. The van der Waals surface area contributed by atoms with Crippen LogP contribution in [0.15, 0.2) is 95.4 Å². The van der Waals surface area contributed by atoms with E-state index in [9.17, 15) is 4.79 Å². The number of benzene rings is 3. The summed E-state index contributed by atoms with van der Waals surface area (Å²) in [6.45, 7) is 2.20. The number of hydrogen-bond acceptors (Lipinski definition) is 4. The third-order valence-corrected chi connectivity index (χ3v) is 6.82. The van der Waals surface area contributed by atoms with Gasteiger partial charge in [-0.15, -0.1) is 0 Å². The summed E-state index contributed by atoms with van der Waals surface area (Å²) >= 11 is 0. The molecule has 0 spiro atoms. The van der Waals surface area contributed by atoms with Crippen LogP contribution in [0.3, 0.4) is 0 Å². The van der Waals surface area contributed by atoms with E-state index in [0.29, 0.717) is 5.56 Å². The number of hydrogen-bond donors (Lipinski definition) is 0. The van der Waals surface area contributed by atoms with Crippen molar-refractivity contribution in [2.75, 3.05) is 7.11 Å². The second-order valence-corrected chi connectivity index (χ2v) is 9.02. The van der Waals surface area contributed by atoms with Gasteiger partial charge in [-0.1, -0.05) is 85.8 Å². The summed E-state index contributed by atoms with van der Waals surface area (Å²) in [5.74, 6) is 1.53. The molecule has 176 valence electrons. The van der Waals surface area contributed by atoms with Crippen molar-refractivity contribution in [3.8, 4) is 22.6 Å². The summed E-state index contributed by atoms with van der Waals surface area (Å²) in [6.07, 6.45) is 5.49. The molecule has 0 saturated heterocycles. The minimum absolute atomic E-state index is 0.0725. The Morgan fingerprint density at radius 2 is 1.63 bits per heavy atom. The van der Waals surface area contributed by atoms with Gasteiger partial charge < -0.3 is 9.15 Å². The van der Waals surface area contributed by atoms with Gasteiger partial charge in [0.25, 0.3) is 0 Å². The molecular formula is C31H29NO3. The lowest BCUT2D eigenvalue weighted by Gasteiger charge is -2.28. The fraction of sp³-hybridized carbons (Fsp3) is 0.226. The van der Waals surface area contributed by atoms with Crippen molar-refractivity contribution in [3.05, 3.63) is 108 Å². The van der Waals surface area contributed by atoms with E-state index in [1.165, 1.54) is 12.7 Å². The summed E-state index contributed by atoms with van der Waals surface area (Å²) in [6, 6.07) is 28.1. The summed E-state index contributed by atoms with van der Waals surface area (Å²) in [5.41, 5.74) is 5.79. The van der Waals surface area contributed by atoms with E-state index < -0.39 is 0 Å². The highest BCUT2D eigenvalue weighted by atomic mass is 16.5. The zero-order chi connectivity index (χ0) is 24.2. The molecule has 1 heterocycles. The number of carbonyl (C=O) groups is 1. The first-order chi connectivity index (χ1) is 17.2. The first-order valence-corrected chi connectivity index (χ1v) is 12.2. The van der Waals surface area contributed by atoms with Gasteiger partial charge in [0.05, 0.1) is 12.7 Å². The molecule has 3 aromatic carbocycles. The van der Waals surface area contributed by atoms with E-state index in [4.69, 9.17) is 14.1 Å². The van der Waals surface area contributed by atoms with Gasteiger partial charge in [-0.25, -0.2) is 9.78 Å². The highest BCUT2D eigenvalue weighted by molar-refractivity contribution is 5.90. The maximum Gasteiger partial charge on any atom is 0.337 e. The predicted octanol–water partition coefficient (Wildman–Crippen LogP) is 7.78. The third-order valence-electron chi connectivity index (χ3n) is 6.82. The van der Waals surface area contributed by atoms with Crippen molar-refractivity contribution < 1.29 is 13.9 Å². The van der Waals surface area contributed by atoms with E-state index in [0.717, 1.165) is 53.3 Å². The minimum atomic E-state index is -0.319. The smallest absolute Gasteiger partial charge is 0.337 e. The van der Waals surface area contributed by atoms with E-state index in [1.54, 1.807) is 6.07 Å². The predicted molar refractivity (Wildman–Crippen MR) is 139 cm³/mol. The molecule has 0 bridgehead atoms. The van der Waals surface area contributed by atoms with Gasteiger partial charge in [-0.05, 0) is 48.4 Å². The molecule has 2 unspecified atom stereocenters. The van der Waals surface area contributed by atoms with Crippen LogP contribution in [0.25, 0.3) is 28.2 Å². The zero-order valence-electron chi connectivity index (χ0n) is 20.1. The van der Waals surface area contributed by atoms with E-state index in [-0.39, 0.29) is 17.8 Å². The Balaban J connectivity index is 1.54. The summed E-state index contributed by atoms with van der Waals surface area (Å²) in [5, 5.41) is 0. The third kappa shape index (κ3) is 4.69. The average molecular weight is 464 g/mol. The highest BCUT2D eigenvalue weighted by Gasteiger charge is 2.30. The molecule has 1 aliphatic carbocycles. The molecule has 4 nitrogen and oxygen atoms in total. The molecule has 4 aromatic rings. The summed E-state index contributed by atoms with van der Waals surface area (Å²) in [7, 11) is 1.41. The van der Waals surface area contributed by atoms with Gasteiger partial charge >= 0.3 is 5.97 Å². The van der Waals surface area contributed by atoms with Crippen LogP contribution in [0.1, 0.15) is 53.9 Å². The molecule has 4 heteroatoms. The van der Waals surface area contributed by atoms with E-state index >= 15 is 0 Å². The van der Waals surface area contributed by atoms with Gasteiger partial charge in [0.15, 0.2) is 11.7 Å². The van der Waals surface area contributed by atoms with Gasteiger partial charge in [0, 0.05) is 17.0 Å². The average Bonchev–Trinajstić information content (AvgIpc) is 3.39. The van der Waals surface area contributed by atoms with Crippen LogP contribution in [0.2, 0.25) is 0 Å². The maximum absolute atomic E-state index is 12.1. The Bertz CT molecular complexity index is 1280. The Labute approximate surface area is 206 Å². The Kier molecular flexibility index (Phi) is 6.62. The van der Waals surface area contributed by atoms with Crippen LogP contribution >= 0.6 is 0 Å². The molecule has 0 aliphatic heterocycles. The van der Waals surface area contributed by atoms with Gasteiger partial charge in [0.1, 0.15) is 5.69 Å². The normalized spacial score (nSPS) is 16.4. The van der Waals surface area contributed by atoms with E-state index in [2.05, 4.69) is 43.3 Å². The Morgan fingerprint density at radius 3 is 2.34 bits per heavy atom. The highest BCUT2D eigenvalue weighted by Crippen LogP contribution is 2.44. The molecule has 0 fully saturated rings. The number of nitrogens with zero attached hydrogens (tertiary/aromatic N) is 1. The van der Waals surface area contributed by atoms with Crippen molar-refractivity contribution in [1.82, 2.24) is 4.98 Å². The fourth-order valence-corrected chi connectivity index (χ4v) is 4.98. The lowest BCUT2D eigenvalue weighted by Crippen LogP contribution is -2.16. The second-order valence-electron chi connectivity index (χ2n) is 9.02. The van der Waals surface area contributed by atoms with Gasteiger partial charge in [-0.2, -0.15) is 0 Å². The summed E-state index contributed by atoms with van der Waals surface area (Å²) in [4.78, 5) is 17.2. The number of ether oxygens (including phenoxy) is 1. The van der Waals surface area contributed by atoms with Crippen molar-refractivity contribution in [3.63, 3.8) is 0 Å². The first kappa shape index (κ1) is 22.9. The van der Waals surface area contributed by atoms with Gasteiger partial charge in [-0.3, -0.25) is 0 Å². The van der Waals surface area contributed by atoms with Crippen LogP contribution in [0.4, 0.5) is 0 Å². The molecule has 2 atom stereocenters. The molecule has 0 amide bonds. The number of oxazole rings is 1. The van der Waals surface area contributed by atoms with Gasteiger partial charge in [0.2, 0.25) is 0 Å². The zero-order valence-corrected chi connectivity index (χ0v) is 20.1. The number of esters is 1. The van der Waals surface area contributed by atoms with Crippen LogP contribution in [0.5, 0.6) is 0 Å². The molecular weight excluding hydrogens is 434 g/mol. The molecule has 5 rings (SSSR count). The standard InChI is InChI=1S/C31H29NO3/c1-21(26-18-9-10-19-27(26)24-16-11-17-25(20-24)31(33)34-2)30-32-28(22-12-5-3-6-13-22)29(35-30)23-14-7-4-8-15-23/h3-8,11-17,19-21,26H,9-10,18H2,1-2H3. The largest absolute Gasteiger partial charge is 0.465 e. The van der Waals surface area contributed by atoms with Crippen LogP contribution in [-0.2, 0) is 4.74 Å². The lowest BCUT2D eigenvalue weighted by molar-refractivity contribution is 0.0600.